The van der Waals surface area contributed by atoms with Gasteiger partial charge in [0.05, 0.1) is 12.2 Å². The van der Waals surface area contributed by atoms with E-state index in [4.69, 9.17) is 0 Å². The Morgan fingerprint density at radius 1 is 1.10 bits per heavy atom. The summed E-state index contributed by atoms with van der Waals surface area (Å²) in [5.74, 6) is 4.28. The van der Waals surface area contributed by atoms with Crippen LogP contribution in [-0.4, -0.2) is 35.4 Å². The summed E-state index contributed by atoms with van der Waals surface area (Å²) in [4.78, 5) is 11.8. The van der Waals surface area contributed by atoms with Crippen LogP contribution in [0.4, 0.5) is 0 Å². The van der Waals surface area contributed by atoms with Crippen molar-refractivity contribution < 1.29 is 15.0 Å². The smallest absolute Gasteiger partial charge is 0.219 e. The number of fused-ring (bicyclic) bond motifs is 5. The van der Waals surface area contributed by atoms with Gasteiger partial charge in [-0.15, -0.1) is 0 Å². The van der Waals surface area contributed by atoms with Crippen molar-refractivity contribution in [1.29, 1.82) is 0 Å². The first-order chi connectivity index (χ1) is 14.1. The second-order valence-corrected chi connectivity index (χ2v) is 12.1. The summed E-state index contributed by atoms with van der Waals surface area (Å²) >= 11 is 0. The average Bonchev–Trinajstić information content (AvgIpc) is 3.06. The first kappa shape index (κ1) is 22.6. The number of hydrogen-bond donors (Lipinski definition) is 3. The van der Waals surface area contributed by atoms with Crippen molar-refractivity contribution >= 4 is 5.91 Å². The summed E-state index contributed by atoms with van der Waals surface area (Å²) in [6.07, 6.45) is 8.77. The summed E-state index contributed by atoms with van der Waals surface area (Å²) < 4.78 is 0. The lowest BCUT2D eigenvalue weighted by Crippen LogP contribution is -2.60. The van der Waals surface area contributed by atoms with Crippen LogP contribution in [0.15, 0.2) is 0 Å². The lowest BCUT2D eigenvalue weighted by Gasteiger charge is -2.64. The standard InChI is InChI=1S/C26H45NO3/c1-15(6-9-23(30)27-5)19-7-8-20-24-16(2)12-17-13-18(28)10-11-25(17,3)21(24)14-22(29)26(19,20)4/h15-22,24,28-29H,6-14H2,1-5H3,(H,27,30). The number of nitrogens with one attached hydrogen (secondary N) is 1. The Bertz CT molecular complexity index is 652. The van der Waals surface area contributed by atoms with Crippen molar-refractivity contribution in [3.05, 3.63) is 0 Å². The van der Waals surface area contributed by atoms with Gasteiger partial charge in [-0.25, -0.2) is 0 Å². The van der Waals surface area contributed by atoms with Gasteiger partial charge in [0, 0.05) is 13.5 Å². The maximum absolute atomic E-state index is 11.8. The molecule has 0 aromatic carbocycles. The largest absolute Gasteiger partial charge is 0.393 e. The first-order valence-corrected chi connectivity index (χ1v) is 12.7. The highest BCUT2D eigenvalue weighted by atomic mass is 16.3. The van der Waals surface area contributed by atoms with Crippen LogP contribution >= 0.6 is 0 Å². The molecule has 0 aromatic heterocycles. The molecule has 0 saturated heterocycles. The fourth-order valence-electron chi connectivity index (χ4n) is 9.23. The lowest BCUT2D eigenvalue weighted by molar-refractivity contribution is -0.190. The molecule has 30 heavy (non-hydrogen) atoms. The van der Waals surface area contributed by atoms with Crippen LogP contribution in [0.5, 0.6) is 0 Å². The monoisotopic (exact) mass is 419 g/mol. The molecule has 0 bridgehead atoms. The quantitative estimate of drug-likeness (QED) is 0.633. The van der Waals surface area contributed by atoms with Gasteiger partial charge in [0.25, 0.3) is 0 Å². The van der Waals surface area contributed by atoms with Gasteiger partial charge < -0.3 is 15.5 Å². The van der Waals surface area contributed by atoms with Crippen LogP contribution in [-0.2, 0) is 4.79 Å². The Morgan fingerprint density at radius 2 is 1.83 bits per heavy atom. The van der Waals surface area contributed by atoms with Crippen molar-refractivity contribution in [3.8, 4) is 0 Å². The number of rotatable bonds is 4. The number of aliphatic hydroxyl groups excluding tert-OH is 2. The number of aliphatic hydroxyl groups is 2. The van der Waals surface area contributed by atoms with E-state index in [1.165, 1.54) is 19.3 Å². The van der Waals surface area contributed by atoms with Gasteiger partial charge in [0.15, 0.2) is 0 Å². The molecular weight excluding hydrogens is 374 g/mol. The van der Waals surface area contributed by atoms with Crippen LogP contribution in [0.25, 0.3) is 0 Å². The van der Waals surface area contributed by atoms with Crippen LogP contribution < -0.4 is 5.32 Å². The van der Waals surface area contributed by atoms with Crippen LogP contribution in [0.2, 0.25) is 0 Å². The molecule has 3 N–H and O–H groups in total. The Kier molecular flexibility index (Phi) is 6.07. The van der Waals surface area contributed by atoms with Gasteiger partial charge in [-0.3, -0.25) is 4.79 Å². The summed E-state index contributed by atoms with van der Waals surface area (Å²) in [6.45, 7) is 9.64. The normalized spacial score (nSPS) is 51.4. The average molecular weight is 420 g/mol. The van der Waals surface area contributed by atoms with E-state index in [2.05, 4.69) is 33.0 Å². The van der Waals surface area contributed by atoms with Crippen molar-refractivity contribution in [2.24, 2.45) is 52.3 Å². The Balaban J connectivity index is 1.58. The number of carbonyl (C=O) groups excluding carboxylic acids is 1. The van der Waals surface area contributed by atoms with E-state index in [0.717, 1.165) is 32.1 Å². The van der Waals surface area contributed by atoms with E-state index >= 15 is 0 Å². The van der Waals surface area contributed by atoms with Gasteiger partial charge in [-0.05, 0) is 104 Å². The minimum absolute atomic E-state index is 0.0189. The highest BCUT2D eigenvalue weighted by molar-refractivity contribution is 5.75. The molecule has 4 fully saturated rings. The Labute approximate surface area is 183 Å². The van der Waals surface area contributed by atoms with E-state index < -0.39 is 0 Å². The third-order valence-electron chi connectivity index (χ3n) is 11.0. The van der Waals surface area contributed by atoms with E-state index in [1.807, 2.05) is 0 Å². The summed E-state index contributed by atoms with van der Waals surface area (Å²) in [6, 6.07) is 0. The van der Waals surface area contributed by atoms with Gasteiger partial charge in [-0.1, -0.05) is 27.7 Å². The van der Waals surface area contributed by atoms with Crippen molar-refractivity contribution in [2.45, 2.75) is 97.7 Å². The van der Waals surface area contributed by atoms with Gasteiger partial charge >= 0.3 is 0 Å². The predicted molar refractivity (Wildman–Crippen MR) is 120 cm³/mol. The van der Waals surface area contributed by atoms with Crippen LogP contribution in [0.3, 0.4) is 0 Å². The zero-order chi connectivity index (χ0) is 21.8. The highest BCUT2D eigenvalue weighted by Crippen LogP contribution is 2.69. The third kappa shape index (κ3) is 3.36. The Hall–Kier alpha value is -0.610. The summed E-state index contributed by atoms with van der Waals surface area (Å²) in [5, 5.41) is 24.7. The van der Waals surface area contributed by atoms with E-state index in [-0.39, 0.29) is 28.9 Å². The highest BCUT2D eigenvalue weighted by Gasteiger charge is 2.65. The van der Waals surface area contributed by atoms with E-state index in [9.17, 15) is 15.0 Å². The second-order valence-electron chi connectivity index (χ2n) is 12.1. The topological polar surface area (TPSA) is 69.6 Å². The van der Waals surface area contributed by atoms with Crippen LogP contribution in [0.1, 0.15) is 85.5 Å². The molecule has 0 aromatic rings. The third-order valence-corrected chi connectivity index (χ3v) is 11.0. The minimum Gasteiger partial charge on any atom is -0.393 e. The molecule has 4 heteroatoms. The summed E-state index contributed by atoms with van der Waals surface area (Å²) in [5.41, 5.74) is 0.260. The molecule has 11 atom stereocenters. The molecule has 0 heterocycles. The second kappa shape index (κ2) is 8.06. The van der Waals surface area contributed by atoms with Crippen molar-refractivity contribution in [2.75, 3.05) is 7.05 Å². The number of hydrogen-bond acceptors (Lipinski definition) is 3. The molecule has 4 aliphatic rings. The molecule has 0 radical (unpaired) electrons. The van der Waals surface area contributed by atoms with Crippen molar-refractivity contribution in [1.82, 2.24) is 5.32 Å². The van der Waals surface area contributed by atoms with E-state index in [0.29, 0.717) is 47.8 Å². The zero-order valence-electron chi connectivity index (χ0n) is 19.9. The molecule has 1 amide bonds. The van der Waals surface area contributed by atoms with E-state index in [1.54, 1.807) is 7.05 Å². The predicted octanol–water partition coefficient (Wildman–Crippen LogP) is 4.39. The van der Waals surface area contributed by atoms with Gasteiger partial charge in [0.1, 0.15) is 0 Å². The molecule has 4 nitrogen and oxygen atoms in total. The molecular formula is C26H45NO3. The SMILES string of the molecule is CNC(=O)CCC(C)C1CCC2C3C(C)CC4CC(O)CCC4(C)C3CC(O)C12C. The lowest BCUT2D eigenvalue weighted by atomic mass is 9.42. The molecule has 0 aliphatic heterocycles. The summed E-state index contributed by atoms with van der Waals surface area (Å²) in [7, 11) is 1.72. The molecule has 4 rings (SSSR count). The van der Waals surface area contributed by atoms with Gasteiger partial charge in [0.2, 0.25) is 5.91 Å². The maximum Gasteiger partial charge on any atom is 0.219 e. The van der Waals surface area contributed by atoms with Crippen molar-refractivity contribution in [3.63, 3.8) is 0 Å². The molecule has 11 unspecified atom stereocenters. The fourth-order valence-corrected chi connectivity index (χ4v) is 9.23. The molecule has 4 aliphatic carbocycles. The van der Waals surface area contributed by atoms with Gasteiger partial charge in [-0.2, -0.15) is 0 Å². The molecule has 172 valence electrons. The maximum atomic E-state index is 11.8. The number of carbonyl (C=O) groups is 1. The number of amides is 1. The zero-order valence-corrected chi connectivity index (χ0v) is 19.9. The Morgan fingerprint density at radius 3 is 2.53 bits per heavy atom. The fraction of sp³-hybridized carbons (Fsp3) is 0.962. The minimum atomic E-state index is -0.242. The molecule has 4 saturated carbocycles. The van der Waals surface area contributed by atoms with Crippen LogP contribution in [0, 0.1) is 52.3 Å². The molecule has 0 spiro atoms. The first-order valence-electron chi connectivity index (χ1n) is 12.7.